The van der Waals surface area contributed by atoms with Gasteiger partial charge in [0.15, 0.2) is 0 Å². The molecule has 2 rings (SSSR count). The fourth-order valence-corrected chi connectivity index (χ4v) is 2.58. The van der Waals surface area contributed by atoms with Crippen LogP contribution in [0.2, 0.25) is 0 Å². The van der Waals surface area contributed by atoms with Crippen molar-refractivity contribution in [1.29, 1.82) is 0 Å². The fourth-order valence-electron chi connectivity index (χ4n) is 2.58. The van der Waals surface area contributed by atoms with Crippen LogP contribution in [0.3, 0.4) is 0 Å². The summed E-state index contributed by atoms with van der Waals surface area (Å²) in [6, 6.07) is 17.2. The zero-order valence-corrected chi connectivity index (χ0v) is 14.5. The molecule has 0 radical (unpaired) electrons. The lowest BCUT2D eigenvalue weighted by molar-refractivity contribution is -0.129. The minimum atomic E-state index is -0.528. The topological polar surface area (TPSA) is 61.4 Å². The summed E-state index contributed by atoms with van der Waals surface area (Å²) in [6.45, 7) is 7.56. The fraction of sp³-hybridized carbons (Fsp3) is 0.350. The molecule has 0 bridgehead atoms. The first-order valence-corrected chi connectivity index (χ1v) is 8.23. The molecule has 1 unspecified atom stereocenters. The average molecular weight is 326 g/mol. The number of hydrogen-bond donors (Lipinski definition) is 3. The van der Waals surface area contributed by atoms with E-state index in [2.05, 4.69) is 26.1 Å². The quantitative estimate of drug-likeness (QED) is 0.551. The van der Waals surface area contributed by atoms with Crippen molar-refractivity contribution in [2.24, 2.45) is 5.41 Å². The number of benzene rings is 2. The number of nitrogens with one attached hydrogen (secondary N) is 2. The number of anilines is 1. The molecule has 2 aromatic rings. The Morgan fingerprint density at radius 3 is 2.12 bits per heavy atom. The Morgan fingerprint density at radius 1 is 1.00 bits per heavy atom. The lowest BCUT2D eigenvalue weighted by Crippen LogP contribution is -2.27. The van der Waals surface area contributed by atoms with Gasteiger partial charge in [0.2, 0.25) is 0 Å². The van der Waals surface area contributed by atoms with Gasteiger partial charge in [-0.05, 0) is 35.1 Å². The molecule has 0 saturated carbocycles. The molecule has 3 N–H and O–H groups in total. The smallest absolute Gasteiger partial charge is 0.255 e. The van der Waals surface area contributed by atoms with Crippen LogP contribution in [0.4, 0.5) is 5.69 Å². The maximum Gasteiger partial charge on any atom is 0.255 e. The predicted octanol–water partition coefficient (Wildman–Crippen LogP) is 4.17. The summed E-state index contributed by atoms with van der Waals surface area (Å²) < 4.78 is 0. The van der Waals surface area contributed by atoms with Crippen LogP contribution in [0.15, 0.2) is 54.6 Å². The number of carbonyl (C=O) groups is 1. The first-order valence-electron chi connectivity index (χ1n) is 8.23. The Bertz CT molecular complexity index is 646. The van der Waals surface area contributed by atoms with E-state index in [1.54, 1.807) is 5.48 Å². The third-order valence-electron chi connectivity index (χ3n) is 3.95. The van der Waals surface area contributed by atoms with E-state index < -0.39 is 11.8 Å². The van der Waals surface area contributed by atoms with Crippen LogP contribution < -0.4 is 10.8 Å². The summed E-state index contributed by atoms with van der Waals surface area (Å²) in [6.07, 6.45) is 1.08. The molecule has 1 amide bonds. The van der Waals surface area contributed by atoms with Crippen molar-refractivity contribution < 1.29 is 10.0 Å². The van der Waals surface area contributed by atoms with Gasteiger partial charge < -0.3 is 5.32 Å². The van der Waals surface area contributed by atoms with Gasteiger partial charge in [0.1, 0.15) is 0 Å². The lowest BCUT2D eigenvalue weighted by atomic mass is 9.90. The Morgan fingerprint density at radius 2 is 1.58 bits per heavy atom. The third-order valence-corrected chi connectivity index (χ3v) is 3.95. The molecule has 0 saturated heterocycles. The summed E-state index contributed by atoms with van der Waals surface area (Å²) in [5.74, 6) is -0.963. The standard InChI is InChI=1S/C20H26N2O2/c1-20(2,3)13-14-21-17-11-9-16(10-12-17)18(19(23)22-24)15-7-5-4-6-8-15/h4-12,18,21,24H,13-14H2,1-3H3,(H,22,23). The van der Waals surface area contributed by atoms with Gasteiger partial charge in [-0.25, -0.2) is 5.48 Å². The SMILES string of the molecule is CC(C)(C)CCNc1ccc(C(C(=O)NO)c2ccccc2)cc1. The molecule has 2 aromatic carbocycles. The Kier molecular flexibility index (Phi) is 5.99. The molecule has 4 nitrogen and oxygen atoms in total. The molecule has 0 fully saturated rings. The van der Waals surface area contributed by atoms with Crippen molar-refractivity contribution in [3.63, 3.8) is 0 Å². The molecule has 0 aliphatic carbocycles. The second kappa shape index (κ2) is 7.97. The monoisotopic (exact) mass is 326 g/mol. The van der Waals surface area contributed by atoms with Gasteiger partial charge in [0, 0.05) is 12.2 Å². The largest absolute Gasteiger partial charge is 0.385 e. The van der Waals surface area contributed by atoms with E-state index in [0.29, 0.717) is 5.41 Å². The van der Waals surface area contributed by atoms with Gasteiger partial charge in [-0.2, -0.15) is 0 Å². The Hall–Kier alpha value is -2.33. The molecule has 1 atom stereocenters. The maximum atomic E-state index is 12.1. The second-order valence-electron chi connectivity index (χ2n) is 7.18. The van der Waals surface area contributed by atoms with Crippen LogP contribution in [0.1, 0.15) is 44.2 Å². The van der Waals surface area contributed by atoms with Crippen molar-refractivity contribution in [2.75, 3.05) is 11.9 Å². The minimum absolute atomic E-state index is 0.296. The van der Waals surface area contributed by atoms with Crippen molar-refractivity contribution in [2.45, 2.75) is 33.1 Å². The normalized spacial score (nSPS) is 12.5. The molecule has 0 aliphatic heterocycles. The van der Waals surface area contributed by atoms with E-state index in [0.717, 1.165) is 29.8 Å². The van der Waals surface area contributed by atoms with Gasteiger partial charge in [0.25, 0.3) is 5.91 Å². The number of carbonyl (C=O) groups excluding carboxylic acids is 1. The van der Waals surface area contributed by atoms with Gasteiger partial charge in [-0.1, -0.05) is 63.2 Å². The maximum absolute atomic E-state index is 12.1. The van der Waals surface area contributed by atoms with Gasteiger partial charge in [-0.15, -0.1) is 0 Å². The number of hydroxylamine groups is 1. The predicted molar refractivity (Wildman–Crippen MR) is 97.2 cm³/mol. The first-order chi connectivity index (χ1) is 11.4. The van der Waals surface area contributed by atoms with E-state index in [1.165, 1.54) is 0 Å². The summed E-state index contributed by atoms with van der Waals surface area (Å²) in [7, 11) is 0. The van der Waals surface area contributed by atoms with Gasteiger partial charge >= 0.3 is 0 Å². The van der Waals surface area contributed by atoms with E-state index in [4.69, 9.17) is 5.21 Å². The van der Waals surface area contributed by atoms with E-state index in [9.17, 15) is 4.79 Å². The molecular weight excluding hydrogens is 300 g/mol. The molecule has 0 aliphatic rings. The van der Waals surface area contributed by atoms with Crippen LogP contribution in [0.25, 0.3) is 0 Å². The molecule has 128 valence electrons. The van der Waals surface area contributed by atoms with Crippen molar-refractivity contribution in [3.8, 4) is 0 Å². The van der Waals surface area contributed by atoms with E-state index in [-0.39, 0.29) is 0 Å². The van der Waals surface area contributed by atoms with E-state index >= 15 is 0 Å². The minimum Gasteiger partial charge on any atom is -0.385 e. The summed E-state index contributed by atoms with van der Waals surface area (Å²) in [5, 5.41) is 12.5. The summed E-state index contributed by atoms with van der Waals surface area (Å²) >= 11 is 0. The second-order valence-corrected chi connectivity index (χ2v) is 7.18. The lowest BCUT2D eigenvalue weighted by Gasteiger charge is -2.19. The first kappa shape index (κ1) is 18.0. The van der Waals surface area contributed by atoms with Gasteiger partial charge in [-0.3, -0.25) is 10.0 Å². The van der Waals surface area contributed by atoms with Crippen molar-refractivity contribution >= 4 is 11.6 Å². The van der Waals surface area contributed by atoms with Crippen LogP contribution >= 0.6 is 0 Å². The van der Waals surface area contributed by atoms with Crippen LogP contribution in [0, 0.1) is 5.41 Å². The van der Waals surface area contributed by atoms with Crippen molar-refractivity contribution in [3.05, 3.63) is 65.7 Å². The summed E-state index contributed by atoms with van der Waals surface area (Å²) in [5.41, 5.74) is 4.78. The number of hydrogen-bond acceptors (Lipinski definition) is 3. The Balaban J connectivity index is 2.13. The van der Waals surface area contributed by atoms with Gasteiger partial charge in [0.05, 0.1) is 5.92 Å². The zero-order valence-electron chi connectivity index (χ0n) is 14.5. The van der Waals surface area contributed by atoms with Crippen molar-refractivity contribution in [1.82, 2.24) is 5.48 Å². The Labute approximate surface area is 143 Å². The van der Waals surface area contributed by atoms with Crippen LogP contribution in [0.5, 0.6) is 0 Å². The zero-order chi connectivity index (χ0) is 17.6. The highest BCUT2D eigenvalue weighted by Crippen LogP contribution is 2.26. The molecular formula is C20H26N2O2. The molecule has 24 heavy (non-hydrogen) atoms. The van der Waals surface area contributed by atoms with E-state index in [1.807, 2.05) is 54.6 Å². The highest BCUT2D eigenvalue weighted by Gasteiger charge is 2.22. The van der Waals surface area contributed by atoms with Crippen LogP contribution in [-0.2, 0) is 4.79 Å². The van der Waals surface area contributed by atoms with Crippen LogP contribution in [-0.4, -0.2) is 17.7 Å². The third kappa shape index (κ3) is 5.10. The molecule has 4 heteroatoms. The number of rotatable bonds is 6. The molecule has 0 aromatic heterocycles. The number of amides is 1. The molecule has 0 heterocycles. The average Bonchev–Trinajstić information content (AvgIpc) is 2.56. The highest BCUT2D eigenvalue weighted by molar-refractivity contribution is 5.86. The molecule has 0 spiro atoms. The summed E-state index contributed by atoms with van der Waals surface area (Å²) in [4.78, 5) is 12.1. The highest BCUT2D eigenvalue weighted by atomic mass is 16.5.